The lowest BCUT2D eigenvalue weighted by atomic mass is 9.96. The van der Waals surface area contributed by atoms with Crippen molar-refractivity contribution in [1.29, 1.82) is 0 Å². The molecule has 8 heteroatoms. The first-order valence-corrected chi connectivity index (χ1v) is 10.0. The Morgan fingerprint density at radius 2 is 1.96 bits per heavy atom. The molecule has 4 aromatic heterocycles. The van der Waals surface area contributed by atoms with Crippen LogP contribution in [0.1, 0.15) is 23.5 Å². The van der Waals surface area contributed by atoms with E-state index in [1.54, 1.807) is 23.0 Å². The van der Waals surface area contributed by atoms with Gasteiger partial charge in [-0.2, -0.15) is 4.52 Å². The maximum atomic E-state index is 5.35. The highest BCUT2D eigenvalue weighted by atomic mass is 32.1. The van der Waals surface area contributed by atoms with Crippen molar-refractivity contribution >= 4 is 37.4 Å². The van der Waals surface area contributed by atoms with E-state index >= 15 is 0 Å². The summed E-state index contributed by atoms with van der Waals surface area (Å²) in [7, 11) is 1.69. The Labute approximate surface area is 164 Å². The van der Waals surface area contributed by atoms with E-state index in [4.69, 9.17) is 14.7 Å². The highest BCUT2D eigenvalue weighted by molar-refractivity contribution is 7.26. The smallest absolute Gasteiger partial charge is 0.200 e. The van der Waals surface area contributed by atoms with Gasteiger partial charge >= 0.3 is 0 Å². The highest BCUT2D eigenvalue weighted by Crippen LogP contribution is 2.44. The van der Waals surface area contributed by atoms with E-state index in [1.807, 2.05) is 19.1 Å². The number of aryl methyl sites for hydroxylation is 2. The van der Waals surface area contributed by atoms with Crippen LogP contribution >= 0.6 is 11.3 Å². The van der Waals surface area contributed by atoms with E-state index in [-0.39, 0.29) is 0 Å². The van der Waals surface area contributed by atoms with Gasteiger partial charge in [0.05, 0.1) is 12.6 Å². The molecule has 0 unspecified atom stereocenters. The number of fused-ring (bicyclic) bond motifs is 6. The SMILES string of the molecule is COc1ccc(-c2c3c(nc4sc5c(nc(C)n6nnnc56)c24)CCC3)cc1. The largest absolute Gasteiger partial charge is 0.497 e. The van der Waals surface area contributed by atoms with E-state index < -0.39 is 0 Å². The van der Waals surface area contributed by atoms with Gasteiger partial charge in [-0.3, -0.25) is 0 Å². The van der Waals surface area contributed by atoms with Gasteiger partial charge < -0.3 is 4.74 Å². The van der Waals surface area contributed by atoms with Crippen LogP contribution in [0.4, 0.5) is 0 Å². The van der Waals surface area contributed by atoms with Gasteiger partial charge in [-0.25, -0.2) is 9.97 Å². The van der Waals surface area contributed by atoms with Crippen LogP contribution in [0.5, 0.6) is 5.75 Å². The van der Waals surface area contributed by atoms with Crippen molar-refractivity contribution < 1.29 is 4.74 Å². The number of thiophene rings is 1. The maximum absolute atomic E-state index is 5.35. The summed E-state index contributed by atoms with van der Waals surface area (Å²) in [6.07, 6.45) is 3.22. The molecule has 1 aliphatic carbocycles. The third-order valence-corrected chi connectivity index (χ3v) is 6.54. The topological polar surface area (TPSA) is 78.1 Å². The summed E-state index contributed by atoms with van der Waals surface area (Å²) in [6, 6.07) is 8.27. The summed E-state index contributed by atoms with van der Waals surface area (Å²) in [5.41, 5.74) is 6.65. The molecule has 28 heavy (non-hydrogen) atoms. The van der Waals surface area contributed by atoms with Crippen molar-refractivity contribution in [2.24, 2.45) is 0 Å². The van der Waals surface area contributed by atoms with Gasteiger partial charge in [0.1, 0.15) is 21.1 Å². The number of hydrogen-bond acceptors (Lipinski definition) is 7. The van der Waals surface area contributed by atoms with Gasteiger partial charge in [0.15, 0.2) is 0 Å². The summed E-state index contributed by atoms with van der Waals surface area (Å²) < 4.78 is 8.02. The van der Waals surface area contributed by atoms with E-state index in [0.717, 1.165) is 56.9 Å². The third kappa shape index (κ3) is 2.06. The Bertz CT molecular complexity index is 1390. The minimum atomic E-state index is 0.742. The molecule has 0 radical (unpaired) electrons. The van der Waals surface area contributed by atoms with Crippen LogP contribution in [-0.2, 0) is 12.8 Å². The second kappa shape index (κ2) is 5.68. The van der Waals surface area contributed by atoms with Crippen molar-refractivity contribution in [3.63, 3.8) is 0 Å². The fraction of sp³-hybridized carbons (Fsp3) is 0.250. The van der Waals surface area contributed by atoms with Crippen molar-refractivity contribution in [2.75, 3.05) is 7.11 Å². The predicted octanol–water partition coefficient (Wildman–Crippen LogP) is 3.75. The monoisotopic (exact) mass is 388 g/mol. The van der Waals surface area contributed by atoms with E-state index in [1.165, 1.54) is 22.4 Å². The molecular formula is C20H16N6OS. The van der Waals surface area contributed by atoms with Gasteiger partial charge in [-0.15, -0.1) is 16.4 Å². The molecule has 0 fully saturated rings. The molecule has 7 nitrogen and oxygen atoms in total. The fourth-order valence-corrected chi connectivity index (χ4v) is 5.31. The van der Waals surface area contributed by atoms with Crippen LogP contribution in [0.15, 0.2) is 24.3 Å². The number of pyridine rings is 1. The summed E-state index contributed by atoms with van der Waals surface area (Å²) in [4.78, 5) is 10.9. The van der Waals surface area contributed by atoms with Gasteiger partial charge in [-0.05, 0) is 65.4 Å². The Hall–Kier alpha value is -3.13. The first-order valence-electron chi connectivity index (χ1n) is 9.21. The quantitative estimate of drug-likeness (QED) is 0.458. The van der Waals surface area contributed by atoms with Crippen molar-refractivity contribution in [3.8, 4) is 16.9 Å². The zero-order valence-corrected chi connectivity index (χ0v) is 16.2. The number of benzene rings is 1. The van der Waals surface area contributed by atoms with Gasteiger partial charge in [0, 0.05) is 11.1 Å². The molecular weight excluding hydrogens is 372 g/mol. The predicted molar refractivity (Wildman–Crippen MR) is 108 cm³/mol. The van der Waals surface area contributed by atoms with Crippen LogP contribution in [0.3, 0.4) is 0 Å². The lowest BCUT2D eigenvalue weighted by Gasteiger charge is -2.11. The minimum absolute atomic E-state index is 0.742. The standard InChI is InChI=1S/C20H16N6OS/c1-10-21-17-16-15(11-6-8-12(27-2)9-7-11)13-4-3-5-14(13)22-20(16)28-18(17)19-23-24-25-26(10)19/h6-9H,3-5H2,1-2H3. The summed E-state index contributed by atoms with van der Waals surface area (Å²) in [5.74, 6) is 1.62. The molecule has 1 aromatic carbocycles. The highest BCUT2D eigenvalue weighted by Gasteiger charge is 2.25. The molecule has 6 rings (SSSR count). The van der Waals surface area contributed by atoms with Crippen molar-refractivity contribution in [3.05, 3.63) is 41.3 Å². The van der Waals surface area contributed by atoms with Crippen LogP contribution in [0, 0.1) is 6.92 Å². The number of methoxy groups -OCH3 is 1. The van der Waals surface area contributed by atoms with E-state index in [2.05, 4.69) is 27.7 Å². The lowest BCUT2D eigenvalue weighted by molar-refractivity contribution is 0.415. The Balaban J connectivity index is 1.78. The first kappa shape index (κ1) is 15.9. The van der Waals surface area contributed by atoms with Crippen molar-refractivity contribution in [1.82, 2.24) is 30.0 Å². The van der Waals surface area contributed by atoms with Crippen LogP contribution in [0.2, 0.25) is 0 Å². The van der Waals surface area contributed by atoms with Gasteiger partial charge in [-0.1, -0.05) is 12.1 Å². The Morgan fingerprint density at radius 1 is 1.11 bits per heavy atom. The molecule has 138 valence electrons. The number of hydrogen-bond donors (Lipinski definition) is 0. The average Bonchev–Trinajstić information content (AvgIpc) is 3.44. The molecule has 0 N–H and O–H groups in total. The van der Waals surface area contributed by atoms with E-state index in [0.29, 0.717) is 0 Å². The second-order valence-electron chi connectivity index (χ2n) is 7.03. The van der Waals surface area contributed by atoms with Gasteiger partial charge in [0.2, 0.25) is 5.65 Å². The average molecular weight is 388 g/mol. The van der Waals surface area contributed by atoms with Crippen LogP contribution < -0.4 is 4.74 Å². The molecule has 5 aromatic rings. The number of nitrogens with zero attached hydrogens (tertiary/aromatic N) is 6. The minimum Gasteiger partial charge on any atom is -0.497 e. The maximum Gasteiger partial charge on any atom is 0.200 e. The van der Waals surface area contributed by atoms with Crippen LogP contribution in [0.25, 0.3) is 37.2 Å². The molecule has 0 amide bonds. The normalized spacial score (nSPS) is 13.6. The molecule has 0 aliphatic heterocycles. The number of ether oxygens (including phenoxy) is 1. The number of tetrazole rings is 1. The van der Waals surface area contributed by atoms with Crippen LogP contribution in [-0.4, -0.2) is 37.1 Å². The number of rotatable bonds is 2. The summed E-state index contributed by atoms with van der Waals surface area (Å²) >= 11 is 1.63. The summed E-state index contributed by atoms with van der Waals surface area (Å²) in [5, 5.41) is 13.3. The zero-order valence-electron chi connectivity index (χ0n) is 15.4. The first-order chi connectivity index (χ1) is 13.7. The second-order valence-corrected chi connectivity index (χ2v) is 8.03. The van der Waals surface area contributed by atoms with Crippen molar-refractivity contribution in [2.45, 2.75) is 26.2 Å². The Morgan fingerprint density at radius 3 is 2.79 bits per heavy atom. The lowest BCUT2D eigenvalue weighted by Crippen LogP contribution is -1.98. The fourth-order valence-electron chi connectivity index (χ4n) is 4.20. The van der Waals surface area contributed by atoms with E-state index in [9.17, 15) is 0 Å². The Kier molecular flexibility index (Phi) is 3.22. The number of aromatic nitrogens is 6. The molecule has 4 heterocycles. The zero-order chi connectivity index (χ0) is 18.8. The molecule has 0 spiro atoms. The molecule has 1 aliphatic rings. The molecule has 0 bridgehead atoms. The summed E-state index contributed by atoms with van der Waals surface area (Å²) in [6.45, 7) is 1.93. The van der Waals surface area contributed by atoms with Gasteiger partial charge in [0.25, 0.3) is 0 Å². The molecule has 0 saturated carbocycles. The molecule has 0 atom stereocenters. The third-order valence-electron chi connectivity index (χ3n) is 5.47. The molecule has 0 saturated heterocycles.